The smallest absolute Gasteiger partial charge is 0.412 e. The third-order valence-electron chi connectivity index (χ3n) is 2.10. The number of benzene rings is 1. The lowest BCUT2D eigenvalue weighted by Gasteiger charge is -2.28. The molecule has 1 aromatic carbocycles. The fourth-order valence-electron chi connectivity index (χ4n) is 1.45. The van der Waals surface area contributed by atoms with E-state index in [0.29, 0.717) is 34.1 Å². The van der Waals surface area contributed by atoms with Crippen molar-refractivity contribution >= 4 is 39.3 Å². The van der Waals surface area contributed by atoms with Crippen LogP contribution in [-0.4, -0.2) is 24.4 Å². The normalized spacial score (nSPS) is 14.4. The predicted molar refractivity (Wildman–Crippen MR) is 60.0 cm³/mol. The summed E-state index contributed by atoms with van der Waals surface area (Å²) in [5, 5.41) is 9.37. The summed E-state index contributed by atoms with van der Waals surface area (Å²) >= 11 is 9.24. The Morgan fingerprint density at radius 3 is 3.00 bits per heavy atom. The van der Waals surface area contributed by atoms with E-state index in [9.17, 15) is 4.79 Å². The Balaban J connectivity index is 2.59. The molecular formula is C9H7BrClNO3. The molecule has 1 amide bonds. The summed E-state index contributed by atoms with van der Waals surface area (Å²) in [4.78, 5) is 12.2. The van der Waals surface area contributed by atoms with Crippen molar-refractivity contribution in [1.82, 2.24) is 0 Å². The van der Waals surface area contributed by atoms with Crippen molar-refractivity contribution in [2.24, 2.45) is 0 Å². The highest BCUT2D eigenvalue weighted by Gasteiger charge is 2.27. The zero-order chi connectivity index (χ0) is 11.0. The maximum Gasteiger partial charge on any atom is 0.412 e. The first kappa shape index (κ1) is 10.6. The van der Waals surface area contributed by atoms with E-state index in [-0.39, 0.29) is 0 Å². The molecule has 15 heavy (non-hydrogen) atoms. The molecule has 0 fully saturated rings. The summed E-state index contributed by atoms with van der Waals surface area (Å²) in [5.74, 6) is 0.483. The van der Waals surface area contributed by atoms with Crippen molar-refractivity contribution < 1.29 is 14.6 Å². The summed E-state index contributed by atoms with van der Waals surface area (Å²) in [6.07, 6.45) is -1.03. The van der Waals surface area contributed by atoms with E-state index in [1.807, 2.05) is 0 Å². The highest BCUT2D eigenvalue weighted by atomic mass is 79.9. The highest BCUT2D eigenvalue weighted by molar-refractivity contribution is 9.10. The van der Waals surface area contributed by atoms with Crippen LogP contribution in [0.2, 0.25) is 5.02 Å². The average molecular weight is 293 g/mol. The quantitative estimate of drug-likeness (QED) is 0.800. The van der Waals surface area contributed by atoms with E-state index in [1.54, 1.807) is 12.1 Å². The molecule has 0 aromatic heterocycles. The lowest BCUT2D eigenvalue weighted by atomic mass is 10.2. The number of fused-ring (bicyclic) bond motifs is 1. The summed E-state index contributed by atoms with van der Waals surface area (Å²) in [6, 6.07) is 3.36. The van der Waals surface area contributed by atoms with Crippen molar-refractivity contribution in [2.75, 3.05) is 18.1 Å². The molecule has 0 saturated carbocycles. The van der Waals surface area contributed by atoms with Gasteiger partial charge in [-0.1, -0.05) is 11.6 Å². The minimum Gasteiger partial charge on any atom is -0.488 e. The molecule has 1 aromatic rings. The van der Waals surface area contributed by atoms with Crippen LogP contribution in [0.5, 0.6) is 5.75 Å². The van der Waals surface area contributed by atoms with Crippen LogP contribution in [-0.2, 0) is 0 Å². The number of hydrogen-bond donors (Lipinski definition) is 1. The molecule has 1 N–H and O–H groups in total. The van der Waals surface area contributed by atoms with Gasteiger partial charge in [-0.05, 0) is 28.1 Å². The Morgan fingerprint density at radius 2 is 2.33 bits per heavy atom. The van der Waals surface area contributed by atoms with E-state index in [0.717, 1.165) is 0 Å². The summed E-state index contributed by atoms with van der Waals surface area (Å²) < 4.78 is 6.08. The number of halogens is 2. The minimum atomic E-state index is -1.03. The zero-order valence-electron chi connectivity index (χ0n) is 7.54. The van der Waals surface area contributed by atoms with Crippen LogP contribution in [0.3, 0.4) is 0 Å². The van der Waals surface area contributed by atoms with Gasteiger partial charge in [0, 0.05) is 0 Å². The van der Waals surface area contributed by atoms with E-state index >= 15 is 0 Å². The second-order valence-electron chi connectivity index (χ2n) is 2.99. The van der Waals surface area contributed by atoms with Crippen molar-refractivity contribution in [2.45, 2.75) is 0 Å². The molecule has 80 valence electrons. The Kier molecular flexibility index (Phi) is 2.75. The summed E-state index contributed by atoms with van der Waals surface area (Å²) in [7, 11) is 0. The van der Waals surface area contributed by atoms with Crippen molar-refractivity contribution in [1.29, 1.82) is 0 Å². The van der Waals surface area contributed by atoms with Gasteiger partial charge in [-0.25, -0.2) is 4.79 Å². The van der Waals surface area contributed by atoms with Crippen LogP contribution in [0.25, 0.3) is 0 Å². The highest BCUT2D eigenvalue weighted by Crippen LogP contribution is 2.43. The van der Waals surface area contributed by atoms with Crippen LogP contribution in [0.15, 0.2) is 16.6 Å². The molecule has 0 saturated heterocycles. The Morgan fingerprint density at radius 1 is 1.60 bits per heavy atom. The van der Waals surface area contributed by atoms with E-state index in [2.05, 4.69) is 15.9 Å². The minimum absolute atomic E-state index is 0.290. The number of ether oxygens (including phenoxy) is 1. The molecule has 0 radical (unpaired) electrons. The standard InChI is InChI=1S/C9H7BrClNO3/c10-5-1-2-6(11)7-8(5)15-4-3-12(7)9(13)14/h1-2H,3-4H2,(H,13,14). The molecule has 1 aliphatic rings. The van der Waals surface area contributed by atoms with Gasteiger partial charge >= 0.3 is 6.09 Å². The first-order valence-electron chi connectivity index (χ1n) is 4.22. The lowest BCUT2D eigenvalue weighted by Crippen LogP contribution is -2.37. The molecular weight excluding hydrogens is 285 g/mol. The predicted octanol–water partition coefficient (Wildman–Crippen LogP) is 2.98. The fourth-order valence-corrected chi connectivity index (χ4v) is 2.14. The van der Waals surface area contributed by atoms with E-state index in [4.69, 9.17) is 21.4 Å². The number of carboxylic acid groups (broad SMARTS) is 1. The maximum absolute atomic E-state index is 11.0. The molecule has 0 atom stereocenters. The van der Waals surface area contributed by atoms with Crippen molar-refractivity contribution in [3.8, 4) is 5.75 Å². The molecule has 4 nitrogen and oxygen atoms in total. The molecule has 0 bridgehead atoms. The summed E-state index contributed by atoms with van der Waals surface area (Å²) in [6.45, 7) is 0.622. The molecule has 1 heterocycles. The van der Waals surface area contributed by atoms with Gasteiger partial charge in [0.1, 0.15) is 12.3 Å². The molecule has 0 unspecified atom stereocenters. The topological polar surface area (TPSA) is 49.8 Å². The largest absolute Gasteiger partial charge is 0.488 e. The van der Waals surface area contributed by atoms with Crippen LogP contribution in [0, 0.1) is 0 Å². The summed E-state index contributed by atoms with van der Waals surface area (Å²) in [5.41, 5.74) is 0.407. The monoisotopic (exact) mass is 291 g/mol. The molecule has 6 heteroatoms. The van der Waals surface area contributed by atoms with Gasteiger partial charge in [-0.2, -0.15) is 0 Å². The van der Waals surface area contributed by atoms with Gasteiger partial charge in [-0.15, -0.1) is 0 Å². The van der Waals surface area contributed by atoms with Crippen LogP contribution in [0.4, 0.5) is 10.5 Å². The molecule has 2 rings (SSSR count). The maximum atomic E-state index is 11.0. The second kappa shape index (κ2) is 3.90. The Labute approximate surface area is 99.5 Å². The number of hydrogen-bond acceptors (Lipinski definition) is 2. The van der Waals surface area contributed by atoms with Gasteiger partial charge in [-0.3, -0.25) is 4.90 Å². The lowest BCUT2D eigenvalue weighted by molar-refractivity contribution is 0.196. The SMILES string of the molecule is O=C(O)N1CCOc2c(Br)ccc(Cl)c21. The Hall–Kier alpha value is -0.940. The number of anilines is 1. The first-order chi connectivity index (χ1) is 7.11. The van der Waals surface area contributed by atoms with E-state index in [1.165, 1.54) is 4.90 Å². The number of nitrogens with zero attached hydrogens (tertiary/aromatic N) is 1. The average Bonchev–Trinajstić information content (AvgIpc) is 2.23. The van der Waals surface area contributed by atoms with Crippen LogP contribution >= 0.6 is 27.5 Å². The molecule has 0 spiro atoms. The molecule has 1 aliphatic heterocycles. The number of rotatable bonds is 0. The third kappa shape index (κ3) is 1.77. The van der Waals surface area contributed by atoms with Crippen molar-refractivity contribution in [3.63, 3.8) is 0 Å². The molecule has 0 aliphatic carbocycles. The van der Waals surface area contributed by atoms with Crippen molar-refractivity contribution in [3.05, 3.63) is 21.6 Å². The number of carbonyl (C=O) groups is 1. The van der Waals surface area contributed by atoms with Gasteiger partial charge in [0.05, 0.1) is 16.0 Å². The second-order valence-corrected chi connectivity index (χ2v) is 4.25. The zero-order valence-corrected chi connectivity index (χ0v) is 9.88. The van der Waals surface area contributed by atoms with Gasteiger partial charge in [0.2, 0.25) is 0 Å². The first-order valence-corrected chi connectivity index (χ1v) is 5.39. The van der Waals surface area contributed by atoms with Crippen LogP contribution in [0.1, 0.15) is 0 Å². The number of amides is 1. The fraction of sp³-hybridized carbons (Fsp3) is 0.222. The third-order valence-corrected chi connectivity index (χ3v) is 3.03. The van der Waals surface area contributed by atoms with E-state index < -0.39 is 6.09 Å². The van der Waals surface area contributed by atoms with Gasteiger partial charge in [0.25, 0.3) is 0 Å². The van der Waals surface area contributed by atoms with Gasteiger partial charge < -0.3 is 9.84 Å². The van der Waals surface area contributed by atoms with Gasteiger partial charge in [0.15, 0.2) is 5.75 Å². The van der Waals surface area contributed by atoms with Crippen LogP contribution < -0.4 is 9.64 Å². The Bertz CT molecular complexity index is 424.